The molecule has 0 radical (unpaired) electrons. The van der Waals surface area contributed by atoms with E-state index in [1.165, 1.54) is 11.1 Å². The van der Waals surface area contributed by atoms with Crippen molar-refractivity contribution in [2.75, 3.05) is 6.61 Å². The van der Waals surface area contributed by atoms with Crippen LogP contribution in [0.5, 0.6) is 0 Å². The first kappa shape index (κ1) is 17.9. The molecule has 25 heavy (non-hydrogen) atoms. The molecule has 0 unspecified atom stereocenters. The Morgan fingerprint density at radius 3 is 2.36 bits per heavy atom. The SMILES string of the molecule is CC(C)(C)c1ccc(C(=O)C[C@H]2CCO[C@@H](c3ccccc3)C2)cc1. The van der Waals surface area contributed by atoms with Crippen molar-refractivity contribution in [3.8, 4) is 0 Å². The first-order chi connectivity index (χ1) is 11.9. The van der Waals surface area contributed by atoms with E-state index in [-0.39, 0.29) is 17.3 Å². The van der Waals surface area contributed by atoms with Gasteiger partial charge in [-0.15, -0.1) is 0 Å². The highest BCUT2D eigenvalue weighted by molar-refractivity contribution is 5.96. The van der Waals surface area contributed by atoms with Crippen molar-refractivity contribution in [1.29, 1.82) is 0 Å². The Bertz CT molecular complexity index is 695. The second kappa shape index (κ2) is 7.53. The van der Waals surface area contributed by atoms with E-state index >= 15 is 0 Å². The molecule has 2 aromatic carbocycles. The number of benzene rings is 2. The highest BCUT2D eigenvalue weighted by Gasteiger charge is 2.26. The van der Waals surface area contributed by atoms with Gasteiger partial charge >= 0.3 is 0 Å². The van der Waals surface area contributed by atoms with Crippen LogP contribution in [-0.4, -0.2) is 12.4 Å². The molecule has 0 N–H and O–H groups in total. The van der Waals surface area contributed by atoms with Gasteiger partial charge in [0.15, 0.2) is 5.78 Å². The summed E-state index contributed by atoms with van der Waals surface area (Å²) in [6, 6.07) is 18.5. The number of ketones is 1. The zero-order chi connectivity index (χ0) is 17.9. The van der Waals surface area contributed by atoms with Crippen molar-refractivity contribution in [2.45, 2.75) is 51.6 Å². The first-order valence-corrected chi connectivity index (χ1v) is 9.24. The lowest BCUT2D eigenvalue weighted by Crippen LogP contribution is -2.22. The van der Waals surface area contributed by atoms with Gasteiger partial charge in [0.2, 0.25) is 0 Å². The molecular weight excluding hydrogens is 308 g/mol. The monoisotopic (exact) mass is 336 g/mol. The van der Waals surface area contributed by atoms with Crippen LogP contribution in [0.3, 0.4) is 0 Å². The van der Waals surface area contributed by atoms with E-state index in [0.717, 1.165) is 25.0 Å². The van der Waals surface area contributed by atoms with E-state index < -0.39 is 0 Å². The van der Waals surface area contributed by atoms with Crippen LogP contribution in [0.25, 0.3) is 0 Å². The Balaban J connectivity index is 1.62. The molecule has 2 atom stereocenters. The fraction of sp³-hybridized carbons (Fsp3) is 0.435. The highest BCUT2D eigenvalue weighted by Crippen LogP contribution is 2.34. The van der Waals surface area contributed by atoms with Crippen LogP contribution in [0.1, 0.15) is 67.6 Å². The maximum Gasteiger partial charge on any atom is 0.163 e. The molecule has 132 valence electrons. The molecule has 0 saturated carbocycles. The summed E-state index contributed by atoms with van der Waals surface area (Å²) in [4.78, 5) is 12.7. The van der Waals surface area contributed by atoms with E-state index in [4.69, 9.17) is 4.74 Å². The molecule has 1 saturated heterocycles. The average molecular weight is 336 g/mol. The molecule has 1 fully saturated rings. The molecule has 0 amide bonds. The van der Waals surface area contributed by atoms with Crippen molar-refractivity contribution in [3.05, 3.63) is 71.3 Å². The summed E-state index contributed by atoms with van der Waals surface area (Å²) in [5.41, 5.74) is 3.43. The maximum absolute atomic E-state index is 12.7. The summed E-state index contributed by atoms with van der Waals surface area (Å²) in [7, 11) is 0. The second-order valence-electron chi connectivity index (χ2n) is 8.12. The first-order valence-electron chi connectivity index (χ1n) is 9.24. The summed E-state index contributed by atoms with van der Waals surface area (Å²) in [5.74, 6) is 0.646. The van der Waals surface area contributed by atoms with E-state index in [2.05, 4.69) is 45.0 Å². The molecule has 1 heterocycles. The van der Waals surface area contributed by atoms with Gasteiger partial charge in [-0.2, -0.15) is 0 Å². The average Bonchev–Trinajstić information content (AvgIpc) is 2.62. The number of ether oxygens (including phenoxy) is 1. The van der Waals surface area contributed by atoms with E-state index in [0.29, 0.717) is 12.3 Å². The predicted octanol–water partition coefficient (Wildman–Crippen LogP) is 5.72. The Morgan fingerprint density at radius 1 is 1.04 bits per heavy atom. The number of rotatable bonds is 4. The van der Waals surface area contributed by atoms with Gasteiger partial charge in [0, 0.05) is 18.6 Å². The van der Waals surface area contributed by atoms with Gasteiger partial charge in [-0.3, -0.25) is 4.79 Å². The third kappa shape index (κ3) is 4.58. The van der Waals surface area contributed by atoms with Gasteiger partial charge in [0.1, 0.15) is 0 Å². The van der Waals surface area contributed by atoms with Gasteiger partial charge in [-0.1, -0.05) is 75.4 Å². The molecular formula is C23H28O2. The van der Waals surface area contributed by atoms with Crippen LogP contribution >= 0.6 is 0 Å². The minimum absolute atomic E-state index is 0.116. The Morgan fingerprint density at radius 2 is 1.72 bits per heavy atom. The quantitative estimate of drug-likeness (QED) is 0.667. The topological polar surface area (TPSA) is 26.3 Å². The largest absolute Gasteiger partial charge is 0.374 e. The van der Waals surface area contributed by atoms with Gasteiger partial charge in [0.05, 0.1) is 6.10 Å². The minimum atomic E-state index is 0.116. The number of hydrogen-bond donors (Lipinski definition) is 0. The van der Waals surface area contributed by atoms with Crippen molar-refractivity contribution in [1.82, 2.24) is 0 Å². The van der Waals surface area contributed by atoms with Crippen LogP contribution in [0.2, 0.25) is 0 Å². The van der Waals surface area contributed by atoms with Crippen LogP contribution in [0, 0.1) is 5.92 Å². The molecule has 0 aromatic heterocycles. The Labute approximate surface area is 151 Å². The van der Waals surface area contributed by atoms with Crippen LogP contribution < -0.4 is 0 Å². The van der Waals surface area contributed by atoms with Crippen molar-refractivity contribution >= 4 is 5.78 Å². The second-order valence-corrected chi connectivity index (χ2v) is 8.12. The maximum atomic E-state index is 12.7. The van der Waals surface area contributed by atoms with Crippen LogP contribution in [-0.2, 0) is 10.2 Å². The van der Waals surface area contributed by atoms with E-state index in [1.807, 2.05) is 30.3 Å². The minimum Gasteiger partial charge on any atom is -0.374 e. The molecule has 1 aliphatic heterocycles. The molecule has 2 nitrogen and oxygen atoms in total. The smallest absolute Gasteiger partial charge is 0.163 e. The third-order valence-corrected chi connectivity index (χ3v) is 5.11. The van der Waals surface area contributed by atoms with Gasteiger partial charge in [-0.25, -0.2) is 0 Å². The van der Waals surface area contributed by atoms with Gasteiger partial charge < -0.3 is 4.74 Å². The van der Waals surface area contributed by atoms with E-state index in [9.17, 15) is 4.79 Å². The number of carbonyl (C=O) groups excluding carboxylic acids is 1. The summed E-state index contributed by atoms with van der Waals surface area (Å²) < 4.78 is 5.92. The summed E-state index contributed by atoms with van der Waals surface area (Å²) >= 11 is 0. The molecule has 2 heteroatoms. The lowest BCUT2D eigenvalue weighted by atomic mass is 9.84. The Kier molecular flexibility index (Phi) is 5.39. The van der Waals surface area contributed by atoms with Crippen molar-refractivity contribution < 1.29 is 9.53 Å². The summed E-state index contributed by atoms with van der Waals surface area (Å²) in [6.45, 7) is 7.31. The summed E-state index contributed by atoms with van der Waals surface area (Å²) in [5, 5.41) is 0. The molecule has 2 aromatic rings. The molecule has 0 aliphatic carbocycles. The fourth-order valence-corrected chi connectivity index (χ4v) is 3.49. The standard InChI is InChI=1S/C23H28O2/c1-23(2,3)20-11-9-18(10-12-20)21(24)15-17-13-14-25-22(16-17)19-7-5-4-6-8-19/h4-12,17,22H,13-16H2,1-3H3/t17-,22-/m1/s1. The zero-order valence-corrected chi connectivity index (χ0v) is 15.5. The molecule has 0 spiro atoms. The van der Waals surface area contributed by atoms with Gasteiger partial charge in [0.25, 0.3) is 0 Å². The highest BCUT2D eigenvalue weighted by atomic mass is 16.5. The van der Waals surface area contributed by atoms with Gasteiger partial charge in [-0.05, 0) is 35.3 Å². The van der Waals surface area contributed by atoms with Crippen LogP contribution in [0.4, 0.5) is 0 Å². The lowest BCUT2D eigenvalue weighted by molar-refractivity contribution is -0.0108. The van der Waals surface area contributed by atoms with E-state index in [1.54, 1.807) is 0 Å². The van der Waals surface area contributed by atoms with Crippen LogP contribution in [0.15, 0.2) is 54.6 Å². The Hall–Kier alpha value is -1.93. The summed E-state index contributed by atoms with van der Waals surface area (Å²) in [6.07, 6.45) is 2.63. The third-order valence-electron chi connectivity index (χ3n) is 5.11. The fourth-order valence-electron chi connectivity index (χ4n) is 3.49. The molecule has 1 aliphatic rings. The lowest BCUT2D eigenvalue weighted by Gasteiger charge is -2.29. The number of hydrogen-bond acceptors (Lipinski definition) is 2. The normalized spacial score (nSPS) is 21.1. The van der Waals surface area contributed by atoms with Crippen molar-refractivity contribution in [2.24, 2.45) is 5.92 Å². The molecule has 3 rings (SSSR count). The van der Waals surface area contributed by atoms with Crippen molar-refractivity contribution in [3.63, 3.8) is 0 Å². The number of Topliss-reactive ketones (excluding diaryl/α,β-unsaturated/α-hetero) is 1. The number of carbonyl (C=O) groups is 1. The zero-order valence-electron chi connectivity index (χ0n) is 15.5. The predicted molar refractivity (Wildman–Crippen MR) is 102 cm³/mol. The molecule has 0 bridgehead atoms.